The molecule has 0 N–H and O–H groups in total. The van der Waals surface area contributed by atoms with E-state index in [0.717, 1.165) is 86.8 Å². The van der Waals surface area contributed by atoms with Gasteiger partial charge < -0.3 is 23.4 Å². The first kappa shape index (κ1) is 22.2. The van der Waals surface area contributed by atoms with Gasteiger partial charge in [-0.3, -0.25) is 0 Å². The first-order valence-corrected chi connectivity index (χ1v) is 13.3. The van der Waals surface area contributed by atoms with Gasteiger partial charge in [0.15, 0.2) is 11.2 Å². The number of fused-ring (bicyclic) bond motifs is 2. The third-order valence-corrected chi connectivity index (χ3v) is 7.64. The lowest BCUT2D eigenvalue weighted by Crippen LogP contribution is -2.18. The fourth-order valence-electron chi connectivity index (χ4n) is 5.87. The van der Waals surface area contributed by atoms with Crippen LogP contribution in [0.25, 0.3) is 43.7 Å². The third kappa shape index (κ3) is 3.43. The highest BCUT2D eigenvalue weighted by Gasteiger charge is 2.30. The van der Waals surface area contributed by atoms with E-state index in [4.69, 9.17) is 18.5 Å². The summed E-state index contributed by atoms with van der Waals surface area (Å²) in [5.41, 5.74) is 6.02. The lowest BCUT2D eigenvalue weighted by Gasteiger charge is -2.20. The molecule has 7 heteroatoms. The molecule has 1 aliphatic rings. The molecule has 1 fully saturated rings. The molecule has 0 atom stereocenters. The third-order valence-electron chi connectivity index (χ3n) is 7.64. The second-order valence-corrected chi connectivity index (χ2v) is 10.4. The maximum atomic E-state index is 6.59. The van der Waals surface area contributed by atoms with E-state index >= 15 is 0 Å². The van der Waals surface area contributed by atoms with Crippen LogP contribution in [-0.4, -0.2) is 23.4 Å². The van der Waals surface area contributed by atoms with Crippen molar-refractivity contribution in [3.63, 3.8) is 0 Å². The van der Waals surface area contributed by atoms with Crippen molar-refractivity contribution in [3.8, 4) is 23.0 Å². The van der Waals surface area contributed by atoms with Gasteiger partial charge >= 0.3 is 0 Å². The molecule has 8 rings (SSSR count). The van der Waals surface area contributed by atoms with Crippen molar-refractivity contribution < 1.29 is 18.5 Å². The van der Waals surface area contributed by atoms with Crippen LogP contribution in [0.15, 0.2) is 75.8 Å². The molecule has 39 heavy (non-hydrogen) atoms. The molecule has 7 nitrogen and oxygen atoms in total. The average molecular weight is 516 g/mol. The van der Waals surface area contributed by atoms with E-state index in [1.807, 2.05) is 61.5 Å². The Morgan fingerprint density at radius 2 is 1.31 bits per heavy atom. The highest BCUT2D eigenvalue weighted by Crippen LogP contribution is 2.50. The van der Waals surface area contributed by atoms with Crippen molar-refractivity contribution in [2.24, 2.45) is 0 Å². The Morgan fingerprint density at radius 3 is 2.03 bits per heavy atom. The molecular weight excluding hydrogens is 490 g/mol. The van der Waals surface area contributed by atoms with Crippen molar-refractivity contribution in [1.29, 1.82) is 0 Å². The lowest BCUT2D eigenvalue weighted by molar-refractivity contribution is 0.462. The molecule has 1 aliphatic heterocycles. The van der Waals surface area contributed by atoms with E-state index in [9.17, 15) is 0 Å². The maximum absolute atomic E-state index is 6.59. The van der Waals surface area contributed by atoms with Gasteiger partial charge in [-0.25, -0.2) is 0 Å². The summed E-state index contributed by atoms with van der Waals surface area (Å²) in [4.78, 5) is 2.36. The molecule has 5 aromatic carbocycles. The summed E-state index contributed by atoms with van der Waals surface area (Å²) in [5.74, 6) is 2.86. The Labute approximate surface area is 223 Å². The number of ether oxygens (including phenoxy) is 2. The quantitative estimate of drug-likeness (QED) is 0.213. The average Bonchev–Trinajstić information content (AvgIpc) is 3.70. The van der Waals surface area contributed by atoms with Gasteiger partial charge in [0.2, 0.25) is 0 Å². The molecule has 0 aliphatic carbocycles. The molecule has 1 saturated heterocycles. The van der Waals surface area contributed by atoms with Crippen molar-refractivity contribution in [3.05, 3.63) is 77.9 Å². The van der Waals surface area contributed by atoms with Gasteiger partial charge in [-0.2, -0.15) is 0 Å². The molecule has 0 saturated carbocycles. The molecule has 0 unspecified atom stereocenters. The van der Waals surface area contributed by atoms with Crippen LogP contribution >= 0.6 is 0 Å². The summed E-state index contributed by atoms with van der Waals surface area (Å²) in [6.45, 7) is 6.03. The second-order valence-electron chi connectivity index (χ2n) is 10.4. The molecule has 0 radical (unpaired) electrons. The van der Waals surface area contributed by atoms with Gasteiger partial charge in [-0.15, -0.1) is 0 Å². The topological polar surface area (TPSA) is 73.8 Å². The second kappa shape index (κ2) is 8.36. The molecule has 0 amide bonds. The maximum Gasteiger partial charge on any atom is 0.180 e. The summed E-state index contributed by atoms with van der Waals surface area (Å²) >= 11 is 0. The number of anilines is 1. The van der Waals surface area contributed by atoms with E-state index in [2.05, 4.69) is 34.3 Å². The number of aryl methyl sites for hydroxylation is 2. The van der Waals surface area contributed by atoms with Crippen LogP contribution in [0.1, 0.15) is 24.0 Å². The smallest absolute Gasteiger partial charge is 0.180 e. The Hall–Kier alpha value is -4.78. The summed E-state index contributed by atoms with van der Waals surface area (Å²) in [6, 6.07) is 21.9. The van der Waals surface area contributed by atoms with E-state index in [-0.39, 0.29) is 0 Å². The minimum Gasteiger partial charge on any atom is -0.457 e. The molecule has 192 valence electrons. The number of hydrogen-bond acceptors (Lipinski definition) is 7. The van der Waals surface area contributed by atoms with Crippen molar-refractivity contribution in [2.75, 3.05) is 18.0 Å². The highest BCUT2D eigenvalue weighted by molar-refractivity contribution is 6.33. The fraction of sp³-hybridized carbons (Fsp3) is 0.188. The molecule has 0 bridgehead atoms. The monoisotopic (exact) mass is 515 g/mol. The van der Waals surface area contributed by atoms with E-state index in [1.54, 1.807) is 0 Å². The molecule has 7 aromatic rings. The SMILES string of the molecule is Cc1cccc(Oc2ccc3noc4c5c(Oc6cccc(C)c6)cc(N6CCCC6)c6noc(c2c34)c65)c1. The molecule has 2 aromatic heterocycles. The van der Waals surface area contributed by atoms with Gasteiger partial charge in [0.1, 0.15) is 34.0 Å². The van der Waals surface area contributed by atoms with Gasteiger partial charge in [0.05, 0.1) is 27.2 Å². The van der Waals surface area contributed by atoms with Gasteiger partial charge in [-0.1, -0.05) is 34.6 Å². The van der Waals surface area contributed by atoms with Crippen LogP contribution in [0.2, 0.25) is 0 Å². The Morgan fingerprint density at radius 1 is 0.667 bits per heavy atom. The predicted molar refractivity (Wildman–Crippen MR) is 152 cm³/mol. The number of benzene rings is 5. The molecular formula is C32H25N3O4. The zero-order valence-electron chi connectivity index (χ0n) is 21.7. The highest BCUT2D eigenvalue weighted by atomic mass is 16.5. The van der Waals surface area contributed by atoms with Crippen LogP contribution in [0.3, 0.4) is 0 Å². The number of aromatic nitrogens is 2. The van der Waals surface area contributed by atoms with E-state index < -0.39 is 0 Å². The van der Waals surface area contributed by atoms with Crippen molar-refractivity contribution in [1.82, 2.24) is 10.3 Å². The summed E-state index contributed by atoms with van der Waals surface area (Å²) < 4.78 is 25.2. The normalized spacial score (nSPS) is 13.9. The zero-order chi connectivity index (χ0) is 26.1. The molecule has 3 heterocycles. The van der Waals surface area contributed by atoms with Crippen LogP contribution in [0, 0.1) is 13.8 Å². The Bertz CT molecular complexity index is 2020. The Balaban J connectivity index is 1.45. The largest absolute Gasteiger partial charge is 0.457 e. The van der Waals surface area contributed by atoms with Crippen LogP contribution in [0.4, 0.5) is 5.69 Å². The first-order chi connectivity index (χ1) is 19.1. The van der Waals surface area contributed by atoms with E-state index in [0.29, 0.717) is 22.7 Å². The predicted octanol–water partition coefficient (Wildman–Crippen LogP) is 8.51. The number of hydrogen-bond donors (Lipinski definition) is 0. The molecule has 0 spiro atoms. The fourth-order valence-corrected chi connectivity index (χ4v) is 5.87. The Kier molecular flexibility index (Phi) is 4.77. The van der Waals surface area contributed by atoms with Crippen LogP contribution in [0.5, 0.6) is 23.0 Å². The number of rotatable bonds is 5. The summed E-state index contributed by atoms with van der Waals surface area (Å²) in [7, 11) is 0. The zero-order valence-corrected chi connectivity index (χ0v) is 21.7. The van der Waals surface area contributed by atoms with Gasteiger partial charge in [0.25, 0.3) is 0 Å². The standard InChI is InChI=1S/C32H25N3O4/c1-18-7-5-9-20(15-18)36-24-12-11-22-26-27(24)32-29-28(31(26)38-33-22)25(37-21-10-6-8-19(2)16-21)17-23(30(29)34-39-32)35-13-3-4-14-35/h5-12,15-17H,3-4,13-14H2,1-2H3. The summed E-state index contributed by atoms with van der Waals surface area (Å²) in [5, 5.41) is 12.3. The van der Waals surface area contributed by atoms with Crippen LogP contribution in [-0.2, 0) is 0 Å². The lowest BCUT2D eigenvalue weighted by atomic mass is 9.98. The van der Waals surface area contributed by atoms with Gasteiger partial charge in [0, 0.05) is 19.2 Å². The van der Waals surface area contributed by atoms with Crippen molar-refractivity contribution in [2.45, 2.75) is 26.7 Å². The number of nitrogens with zero attached hydrogens (tertiary/aromatic N) is 3. The first-order valence-electron chi connectivity index (χ1n) is 13.3. The van der Waals surface area contributed by atoms with Crippen molar-refractivity contribution >= 4 is 49.4 Å². The minimum absolute atomic E-state index is 0.631. The van der Waals surface area contributed by atoms with E-state index in [1.165, 1.54) is 0 Å². The minimum atomic E-state index is 0.631. The van der Waals surface area contributed by atoms with Gasteiger partial charge in [-0.05, 0) is 74.2 Å². The van der Waals surface area contributed by atoms with Crippen LogP contribution < -0.4 is 14.4 Å². The summed E-state index contributed by atoms with van der Waals surface area (Å²) in [6.07, 6.45) is 2.28.